The van der Waals surface area contributed by atoms with E-state index < -0.39 is 0 Å². The zero-order valence-corrected chi connectivity index (χ0v) is 24.1. The van der Waals surface area contributed by atoms with Crippen molar-refractivity contribution in [1.82, 2.24) is 0 Å². The molecule has 2 nitrogen and oxygen atoms in total. The molecule has 0 aliphatic rings. The lowest BCUT2D eigenvalue weighted by molar-refractivity contribution is 0.632. The minimum atomic E-state index is 0.860. The van der Waals surface area contributed by atoms with Crippen molar-refractivity contribution in [3.8, 4) is 33.6 Å². The molecule has 0 N–H and O–H groups in total. The summed E-state index contributed by atoms with van der Waals surface area (Å²) in [6.07, 6.45) is 0. The summed E-state index contributed by atoms with van der Waals surface area (Å²) in [5.74, 6) is 0.860. The van der Waals surface area contributed by atoms with Gasteiger partial charge in [-0.05, 0) is 58.5 Å². The Balaban J connectivity index is 1.38. The van der Waals surface area contributed by atoms with Crippen molar-refractivity contribution in [2.24, 2.45) is 0 Å². The van der Waals surface area contributed by atoms with Gasteiger partial charge in [0.2, 0.25) is 0 Å². The molecule has 8 aromatic rings. The number of fused-ring (bicyclic) bond motifs is 2. The van der Waals surface area contributed by atoms with Gasteiger partial charge in [-0.2, -0.15) is 0 Å². The predicted molar refractivity (Wildman–Crippen MR) is 185 cm³/mol. The van der Waals surface area contributed by atoms with Crippen LogP contribution >= 0.6 is 0 Å². The first-order valence-electron chi connectivity index (χ1n) is 14.9. The maximum atomic E-state index is 6.74. The number of hydrogen-bond donors (Lipinski definition) is 0. The van der Waals surface area contributed by atoms with Gasteiger partial charge in [0.15, 0.2) is 0 Å². The maximum absolute atomic E-state index is 6.74. The van der Waals surface area contributed by atoms with E-state index in [4.69, 9.17) is 4.42 Å². The highest BCUT2D eigenvalue weighted by Crippen LogP contribution is 2.48. The molecule has 0 radical (unpaired) electrons. The largest absolute Gasteiger partial charge is 0.455 e. The van der Waals surface area contributed by atoms with Gasteiger partial charge in [0, 0.05) is 27.6 Å². The van der Waals surface area contributed by atoms with Crippen LogP contribution in [0, 0.1) is 0 Å². The standard InChI is InChI=1S/C42H29NO/c1-3-14-30(15-4-1)31-26-28-34(29-27-31)43(38-24-13-19-32-16-7-8-20-35(32)38)39-23-11-9-21-36(39)42-41(33-17-5-2-6-18-33)37-22-10-12-25-40(37)44-42/h1-29H. The Labute approximate surface area is 257 Å². The molecule has 1 heterocycles. The summed E-state index contributed by atoms with van der Waals surface area (Å²) < 4.78 is 6.74. The van der Waals surface area contributed by atoms with Crippen molar-refractivity contribution in [2.75, 3.05) is 4.90 Å². The summed E-state index contributed by atoms with van der Waals surface area (Å²) in [5.41, 5.74) is 9.76. The molecule has 2 heteroatoms. The predicted octanol–water partition coefficient (Wildman–Crippen LogP) is 12.1. The summed E-state index contributed by atoms with van der Waals surface area (Å²) in [7, 11) is 0. The van der Waals surface area contributed by atoms with E-state index in [-0.39, 0.29) is 0 Å². The molecule has 0 aliphatic heterocycles. The van der Waals surface area contributed by atoms with Crippen molar-refractivity contribution >= 4 is 38.8 Å². The second-order valence-corrected chi connectivity index (χ2v) is 10.9. The summed E-state index contributed by atoms with van der Waals surface area (Å²) >= 11 is 0. The third-order valence-electron chi connectivity index (χ3n) is 8.29. The monoisotopic (exact) mass is 563 g/mol. The number of nitrogens with zero attached hydrogens (tertiary/aromatic N) is 1. The first kappa shape index (κ1) is 25.8. The second-order valence-electron chi connectivity index (χ2n) is 10.9. The smallest absolute Gasteiger partial charge is 0.145 e. The molecule has 0 aliphatic carbocycles. The fourth-order valence-electron chi connectivity index (χ4n) is 6.23. The molecule has 1 aromatic heterocycles. The fourth-order valence-corrected chi connectivity index (χ4v) is 6.23. The van der Waals surface area contributed by atoms with Crippen LogP contribution in [0.3, 0.4) is 0 Å². The van der Waals surface area contributed by atoms with Crippen molar-refractivity contribution in [3.05, 3.63) is 176 Å². The van der Waals surface area contributed by atoms with Crippen LogP contribution in [0.4, 0.5) is 17.1 Å². The average Bonchev–Trinajstić information content (AvgIpc) is 3.49. The van der Waals surface area contributed by atoms with Gasteiger partial charge in [0.25, 0.3) is 0 Å². The van der Waals surface area contributed by atoms with Crippen LogP contribution in [0.1, 0.15) is 0 Å². The Morgan fingerprint density at radius 3 is 1.75 bits per heavy atom. The Kier molecular flexibility index (Phi) is 6.51. The van der Waals surface area contributed by atoms with E-state index in [9.17, 15) is 0 Å². The summed E-state index contributed by atoms with van der Waals surface area (Å²) in [4.78, 5) is 2.37. The Hall–Kier alpha value is -5.86. The van der Waals surface area contributed by atoms with Gasteiger partial charge in [0.05, 0.1) is 11.4 Å². The Morgan fingerprint density at radius 2 is 0.955 bits per heavy atom. The van der Waals surface area contributed by atoms with Crippen molar-refractivity contribution in [3.63, 3.8) is 0 Å². The molecule has 0 atom stereocenters. The van der Waals surface area contributed by atoms with Crippen molar-refractivity contribution in [1.29, 1.82) is 0 Å². The molecule has 8 rings (SSSR count). The lowest BCUT2D eigenvalue weighted by Gasteiger charge is -2.29. The SMILES string of the molecule is c1ccc(-c2ccc(N(c3ccccc3-c3oc4ccccc4c3-c3ccccc3)c3cccc4ccccc34)cc2)cc1. The van der Waals surface area contributed by atoms with Gasteiger partial charge >= 0.3 is 0 Å². The van der Waals surface area contributed by atoms with Crippen LogP contribution in [0.2, 0.25) is 0 Å². The van der Waals surface area contributed by atoms with Crippen LogP contribution in [0.5, 0.6) is 0 Å². The third kappa shape index (κ3) is 4.54. The highest BCUT2D eigenvalue weighted by Gasteiger charge is 2.24. The minimum Gasteiger partial charge on any atom is -0.455 e. The molecule has 44 heavy (non-hydrogen) atoms. The van der Waals surface area contributed by atoms with Crippen LogP contribution in [-0.2, 0) is 0 Å². The topological polar surface area (TPSA) is 16.4 Å². The number of para-hydroxylation sites is 2. The number of benzene rings is 7. The van der Waals surface area contributed by atoms with E-state index >= 15 is 0 Å². The molecule has 0 bridgehead atoms. The van der Waals surface area contributed by atoms with Gasteiger partial charge < -0.3 is 9.32 Å². The lowest BCUT2D eigenvalue weighted by atomic mass is 9.96. The molecule has 0 fully saturated rings. The van der Waals surface area contributed by atoms with Gasteiger partial charge in [-0.25, -0.2) is 0 Å². The Morgan fingerprint density at radius 1 is 0.386 bits per heavy atom. The third-order valence-corrected chi connectivity index (χ3v) is 8.29. The van der Waals surface area contributed by atoms with Crippen molar-refractivity contribution < 1.29 is 4.42 Å². The first-order chi connectivity index (χ1) is 21.8. The van der Waals surface area contributed by atoms with E-state index in [1.165, 1.54) is 21.9 Å². The van der Waals surface area contributed by atoms with E-state index in [0.717, 1.165) is 50.5 Å². The molecule has 208 valence electrons. The quantitative estimate of drug-likeness (QED) is 0.200. The highest BCUT2D eigenvalue weighted by atomic mass is 16.3. The van der Waals surface area contributed by atoms with Crippen LogP contribution < -0.4 is 4.90 Å². The van der Waals surface area contributed by atoms with E-state index in [1.807, 2.05) is 6.07 Å². The van der Waals surface area contributed by atoms with Gasteiger partial charge in [-0.15, -0.1) is 0 Å². The zero-order chi connectivity index (χ0) is 29.3. The molecule has 0 unspecified atom stereocenters. The number of furan rings is 1. The minimum absolute atomic E-state index is 0.860. The normalized spacial score (nSPS) is 11.2. The second kappa shape index (κ2) is 11.1. The van der Waals surface area contributed by atoms with E-state index in [0.29, 0.717) is 0 Å². The van der Waals surface area contributed by atoms with Gasteiger partial charge in [0.1, 0.15) is 11.3 Å². The van der Waals surface area contributed by atoms with Crippen LogP contribution in [-0.4, -0.2) is 0 Å². The first-order valence-corrected chi connectivity index (χ1v) is 14.9. The maximum Gasteiger partial charge on any atom is 0.145 e. The molecule has 0 saturated heterocycles. The number of hydrogen-bond acceptors (Lipinski definition) is 2. The van der Waals surface area contributed by atoms with Crippen LogP contribution in [0.15, 0.2) is 180 Å². The fraction of sp³-hybridized carbons (Fsp3) is 0. The highest BCUT2D eigenvalue weighted by molar-refractivity contribution is 6.06. The summed E-state index contributed by atoms with van der Waals surface area (Å²) in [6, 6.07) is 62.0. The summed E-state index contributed by atoms with van der Waals surface area (Å²) in [5, 5.41) is 3.49. The van der Waals surface area contributed by atoms with Crippen LogP contribution in [0.25, 0.3) is 55.3 Å². The molecule has 0 saturated carbocycles. The number of anilines is 3. The molecule has 0 spiro atoms. The van der Waals surface area contributed by atoms with E-state index in [1.54, 1.807) is 0 Å². The number of rotatable bonds is 6. The molecule has 7 aromatic carbocycles. The molecular weight excluding hydrogens is 534 g/mol. The zero-order valence-electron chi connectivity index (χ0n) is 24.1. The average molecular weight is 564 g/mol. The lowest BCUT2D eigenvalue weighted by Crippen LogP contribution is -2.11. The Bertz CT molecular complexity index is 2210. The molecule has 0 amide bonds. The van der Waals surface area contributed by atoms with Crippen molar-refractivity contribution in [2.45, 2.75) is 0 Å². The van der Waals surface area contributed by atoms with Gasteiger partial charge in [-0.3, -0.25) is 0 Å². The summed E-state index contributed by atoms with van der Waals surface area (Å²) in [6.45, 7) is 0. The van der Waals surface area contributed by atoms with Gasteiger partial charge in [-0.1, -0.05) is 140 Å². The molecular formula is C42H29NO. The van der Waals surface area contributed by atoms with E-state index in [2.05, 4.69) is 175 Å².